The summed E-state index contributed by atoms with van der Waals surface area (Å²) in [5, 5.41) is -0.0980. The molecule has 2 aliphatic heterocycles. The molecule has 0 aliphatic carbocycles. The molecule has 0 radical (unpaired) electrons. The Morgan fingerprint density at radius 3 is 2.54 bits per heavy atom. The standard InChI is InChI=1S/C27H31ClF2N4O/c1-3-33(4-2)24-8-5-7-21(32-24)18-27(11-6-14-31-27)19-26(30)12-15-34(16-13-26)25(35)20-9-10-23(29)22(28)17-20/h5-11,14,17H,3-4,12-13,15-16,18-19H2,1-2H3. The molecule has 0 saturated carbocycles. The van der Waals surface area contributed by atoms with E-state index in [2.05, 4.69) is 23.7 Å². The second-order valence-corrected chi connectivity index (χ2v) is 9.73. The van der Waals surface area contributed by atoms with Gasteiger partial charge in [-0.2, -0.15) is 0 Å². The van der Waals surface area contributed by atoms with Gasteiger partial charge in [0.2, 0.25) is 0 Å². The zero-order valence-electron chi connectivity index (χ0n) is 20.2. The fourth-order valence-corrected chi connectivity index (χ4v) is 5.16. The Morgan fingerprint density at radius 2 is 1.91 bits per heavy atom. The van der Waals surface area contributed by atoms with Gasteiger partial charge in [0, 0.05) is 56.5 Å². The lowest BCUT2D eigenvalue weighted by Crippen LogP contribution is -2.48. The van der Waals surface area contributed by atoms with Crippen molar-refractivity contribution in [2.45, 2.75) is 50.7 Å². The lowest BCUT2D eigenvalue weighted by atomic mass is 9.78. The van der Waals surface area contributed by atoms with E-state index >= 15 is 4.39 Å². The van der Waals surface area contributed by atoms with Gasteiger partial charge < -0.3 is 9.80 Å². The van der Waals surface area contributed by atoms with Crippen molar-refractivity contribution >= 4 is 29.5 Å². The van der Waals surface area contributed by atoms with Crippen molar-refractivity contribution < 1.29 is 13.6 Å². The maximum Gasteiger partial charge on any atom is 0.253 e. The molecule has 2 aromatic rings. The molecule has 2 aliphatic rings. The molecule has 1 unspecified atom stereocenters. The van der Waals surface area contributed by atoms with Crippen LogP contribution in [-0.2, 0) is 6.42 Å². The van der Waals surface area contributed by atoms with E-state index in [1.807, 2.05) is 30.4 Å². The molecule has 3 heterocycles. The minimum Gasteiger partial charge on any atom is -0.357 e. The number of amides is 1. The average Bonchev–Trinajstić information content (AvgIpc) is 3.29. The van der Waals surface area contributed by atoms with E-state index in [9.17, 15) is 9.18 Å². The summed E-state index contributed by atoms with van der Waals surface area (Å²) in [6.07, 6.45) is 6.74. The normalized spacial score (nSPS) is 20.9. The highest BCUT2D eigenvalue weighted by Crippen LogP contribution is 2.40. The van der Waals surface area contributed by atoms with E-state index in [1.165, 1.54) is 18.2 Å². The maximum atomic E-state index is 16.1. The number of carbonyl (C=O) groups is 1. The summed E-state index contributed by atoms with van der Waals surface area (Å²) < 4.78 is 29.6. The van der Waals surface area contributed by atoms with E-state index in [0.717, 1.165) is 24.6 Å². The molecule has 35 heavy (non-hydrogen) atoms. The van der Waals surface area contributed by atoms with Crippen LogP contribution in [0.5, 0.6) is 0 Å². The van der Waals surface area contributed by atoms with Gasteiger partial charge in [-0.3, -0.25) is 9.79 Å². The Morgan fingerprint density at radius 1 is 1.17 bits per heavy atom. The molecular formula is C27H31ClF2N4O. The number of aliphatic imine (C=N–C) groups is 1. The van der Waals surface area contributed by atoms with Gasteiger partial charge in [-0.1, -0.05) is 23.7 Å². The van der Waals surface area contributed by atoms with Crippen LogP contribution in [0.4, 0.5) is 14.6 Å². The van der Waals surface area contributed by atoms with Crippen molar-refractivity contribution in [2.24, 2.45) is 4.99 Å². The first-order valence-electron chi connectivity index (χ1n) is 12.1. The summed E-state index contributed by atoms with van der Waals surface area (Å²) >= 11 is 5.83. The second-order valence-electron chi connectivity index (χ2n) is 9.33. The fraction of sp³-hybridized carbons (Fsp3) is 0.444. The number of nitrogens with zero attached hydrogens (tertiary/aromatic N) is 4. The van der Waals surface area contributed by atoms with Crippen molar-refractivity contribution in [2.75, 3.05) is 31.1 Å². The average molecular weight is 501 g/mol. The molecule has 1 aromatic heterocycles. The van der Waals surface area contributed by atoms with Gasteiger partial charge in [0.25, 0.3) is 5.91 Å². The van der Waals surface area contributed by atoms with Gasteiger partial charge in [-0.25, -0.2) is 13.8 Å². The van der Waals surface area contributed by atoms with Crippen LogP contribution < -0.4 is 4.90 Å². The number of halogens is 3. The highest BCUT2D eigenvalue weighted by molar-refractivity contribution is 6.31. The van der Waals surface area contributed by atoms with Crippen molar-refractivity contribution in [1.82, 2.24) is 9.88 Å². The third kappa shape index (κ3) is 5.72. The predicted molar refractivity (Wildman–Crippen MR) is 137 cm³/mol. The van der Waals surface area contributed by atoms with Crippen molar-refractivity contribution in [3.05, 3.63) is 70.6 Å². The highest BCUT2D eigenvalue weighted by Gasteiger charge is 2.44. The lowest BCUT2D eigenvalue weighted by Gasteiger charge is -2.40. The molecule has 0 bridgehead atoms. The molecule has 1 atom stereocenters. The zero-order valence-corrected chi connectivity index (χ0v) is 20.9. The quantitative estimate of drug-likeness (QED) is 0.468. The third-order valence-corrected chi connectivity index (χ3v) is 7.22. The number of rotatable bonds is 8. The number of aromatic nitrogens is 1. The molecule has 1 amide bonds. The largest absolute Gasteiger partial charge is 0.357 e. The van der Waals surface area contributed by atoms with Gasteiger partial charge in [0.1, 0.15) is 17.3 Å². The number of anilines is 1. The summed E-state index contributed by atoms with van der Waals surface area (Å²) in [6.45, 7) is 6.48. The molecule has 0 spiro atoms. The number of pyridine rings is 1. The number of hydrogen-bond acceptors (Lipinski definition) is 4. The summed E-state index contributed by atoms with van der Waals surface area (Å²) in [7, 11) is 0. The van der Waals surface area contributed by atoms with Crippen LogP contribution >= 0.6 is 11.6 Å². The predicted octanol–water partition coefficient (Wildman–Crippen LogP) is 5.68. The SMILES string of the molecule is CCN(CC)c1cccc(CC2(CC3(F)CCN(C(=O)c4ccc(F)c(Cl)c4)CC3)C=CC=N2)n1. The van der Waals surface area contributed by atoms with Gasteiger partial charge >= 0.3 is 0 Å². The van der Waals surface area contributed by atoms with Crippen molar-refractivity contribution in [3.8, 4) is 0 Å². The molecule has 8 heteroatoms. The minimum absolute atomic E-state index is 0.0980. The van der Waals surface area contributed by atoms with Crippen LogP contribution in [0.3, 0.4) is 0 Å². The molecule has 5 nitrogen and oxygen atoms in total. The third-order valence-electron chi connectivity index (χ3n) is 6.93. The zero-order chi connectivity index (χ0) is 25.1. The number of carbonyl (C=O) groups excluding carboxylic acids is 1. The number of piperidine rings is 1. The van der Waals surface area contributed by atoms with E-state index in [-0.39, 0.29) is 43.3 Å². The smallest absolute Gasteiger partial charge is 0.253 e. The van der Waals surface area contributed by atoms with Crippen LogP contribution in [0.25, 0.3) is 0 Å². The number of allylic oxidation sites excluding steroid dienone is 1. The number of likely N-dealkylation sites (tertiary alicyclic amines) is 1. The molecule has 1 saturated heterocycles. The van der Waals surface area contributed by atoms with Crippen LogP contribution in [0, 0.1) is 5.82 Å². The van der Waals surface area contributed by atoms with Gasteiger partial charge in [-0.05, 0) is 63.1 Å². The Bertz CT molecular complexity index is 1110. The van der Waals surface area contributed by atoms with Crippen molar-refractivity contribution in [1.29, 1.82) is 0 Å². The first kappa shape index (κ1) is 25.3. The Labute approximate surface area is 210 Å². The molecule has 1 fully saturated rings. The van der Waals surface area contributed by atoms with Crippen LogP contribution in [0.1, 0.15) is 49.2 Å². The first-order valence-corrected chi connectivity index (χ1v) is 12.5. The second kappa shape index (κ2) is 10.4. The Balaban J connectivity index is 1.44. The van der Waals surface area contributed by atoms with Gasteiger partial charge in [0.15, 0.2) is 0 Å². The van der Waals surface area contributed by atoms with Crippen LogP contribution in [-0.4, -0.2) is 59.4 Å². The van der Waals surface area contributed by atoms with Gasteiger partial charge in [-0.15, -0.1) is 0 Å². The van der Waals surface area contributed by atoms with E-state index < -0.39 is 17.0 Å². The molecule has 0 N–H and O–H groups in total. The van der Waals surface area contributed by atoms with Crippen LogP contribution in [0.2, 0.25) is 5.02 Å². The van der Waals surface area contributed by atoms with Crippen LogP contribution in [0.15, 0.2) is 53.5 Å². The molecule has 4 rings (SSSR count). The fourth-order valence-electron chi connectivity index (χ4n) is 4.98. The maximum absolute atomic E-state index is 16.1. The lowest BCUT2D eigenvalue weighted by molar-refractivity contribution is 0.0322. The summed E-state index contributed by atoms with van der Waals surface area (Å²) in [5.41, 5.74) is -0.968. The monoisotopic (exact) mass is 500 g/mol. The minimum atomic E-state index is -1.46. The molecular weight excluding hydrogens is 470 g/mol. The highest BCUT2D eigenvalue weighted by atomic mass is 35.5. The number of benzene rings is 1. The Hall–Kier alpha value is -2.80. The molecule has 186 valence electrons. The number of alkyl halides is 1. The summed E-state index contributed by atoms with van der Waals surface area (Å²) in [4.78, 5) is 26.1. The Kier molecular flexibility index (Phi) is 7.55. The summed E-state index contributed by atoms with van der Waals surface area (Å²) in [6, 6.07) is 9.86. The van der Waals surface area contributed by atoms with E-state index in [4.69, 9.17) is 16.6 Å². The molecule has 1 aromatic carbocycles. The van der Waals surface area contributed by atoms with E-state index in [1.54, 1.807) is 11.1 Å². The first-order chi connectivity index (χ1) is 16.8. The number of hydrogen-bond donors (Lipinski definition) is 0. The van der Waals surface area contributed by atoms with Gasteiger partial charge in [0.05, 0.1) is 10.6 Å². The van der Waals surface area contributed by atoms with E-state index in [0.29, 0.717) is 12.0 Å². The van der Waals surface area contributed by atoms with Crippen molar-refractivity contribution in [3.63, 3.8) is 0 Å². The topological polar surface area (TPSA) is 48.8 Å². The summed E-state index contributed by atoms with van der Waals surface area (Å²) in [5.74, 6) is 0.0772.